The Morgan fingerprint density at radius 3 is 1.84 bits per heavy atom. The molecular weight excluding hydrogens is 256 g/mol. The minimum atomic E-state index is -1.68. The Labute approximate surface area is 117 Å². The van der Waals surface area contributed by atoms with E-state index in [1.165, 1.54) is 12.2 Å². The van der Waals surface area contributed by atoms with Crippen LogP contribution < -0.4 is 0 Å². The molecule has 0 aromatic carbocycles. The van der Waals surface area contributed by atoms with Crippen molar-refractivity contribution in [3.05, 3.63) is 25.3 Å². The number of carbonyl (C=O) groups excluding carboxylic acids is 2. The molecule has 0 aliphatic carbocycles. The molecule has 0 bridgehead atoms. The lowest BCUT2D eigenvalue weighted by Crippen LogP contribution is -2.35. The molecule has 0 heterocycles. The average Bonchev–Trinajstić information content (AvgIpc) is 2.40. The van der Waals surface area contributed by atoms with Crippen LogP contribution in [-0.2, 0) is 14.0 Å². The van der Waals surface area contributed by atoms with Crippen LogP contribution in [0, 0.1) is 0 Å². The molecule has 0 amide bonds. The van der Waals surface area contributed by atoms with E-state index in [0.29, 0.717) is 25.7 Å². The maximum absolute atomic E-state index is 11.3. The molecule has 0 rings (SSSR count). The second kappa shape index (κ2) is 8.99. The fourth-order valence-electron chi connectivity index (χ4n) is 1.61. The summed E-state index contributed by atoms with van der Waals surface area (Å²) in [5.74, 6) is 0.0548. The number of hydrogen-bond acceptors (Lipinski definition) is 3. The summed E-state index contributed by atoms with van der Waals surface area (Å²) in [6.45, 7) is 13.4. The Hall–Kier alpha value is -1.00. The number of ketones is 2. The third-order valence-corrected chi connectivity index (χ3v) is 5.89. The first-order valence-electron chi connectivity index (χ1n) is 6.83. The van der Waals surface area contributed by atoms with Gasteiger partial charge in [-0.25, -0.2) is 0 Å². The van der Waals surface area contributed by atoms with Crippen molar-refractivity contribution in [1.29, 1.82) is 0 Å². The highest BCUT2D eigenvalue weighted by Gasteiger charge is 2.25. The summed E-state index contributed by atoms with van der Waals surface area (Å²) in [5.41, 5.74) is 0. The molecule has 0 atom stereocenters. The Morgan fingerprint density at radius 2 is 1.53 bits per heavy atom. The standard InChI is InChI=1S/C15H26O3Si/c1-6-13(16)9-11-15(12-10-14(17)7-2)18-19(4,5)8-3/h6-7,15H,1-2,8-12H2,3-5H3. The van der Waals surface area contributed by atoms with Crippen LogP contribution in [0.1, 0.15) is 32.6 Å². The van der Waals surface area contributed by atoms with Crippen LogP contribution in [-0.4, -0.2) is 26.0 Å². The predicted molar refractivity (Wildman–Crippen MR) is 81.7 cm³/mol. The van der Waals surface area contributed by atoms with Gasteiger partial charge in [-0.05, 0) is 44.1 Å². The van der Waals surface area contributed by atoms with Gasteiger partial charge in [0.15, 0.2) is 19.9 Å². The van der Waals surface area contributed by atoms with E-state index < -0.39 is 8.32 Å². The highest BCUT2D eigenvalue weighted by Crippen LogP contribution is 2.19. The van der Waals surface area contributed by atoms with Crippen LogP contribution in [0.15, 0.2) is 25.3 Å². The molecule has 3 nitrogen and oxygen atoms in total. The van der Waals surface area contributed by atoms with Gasteiger partial charge in [0.1, 0.15) is 0 Å². The molecular formula is C15H26O3Si. The van der Waals surface area contributed by atoms with Crippen molar-refractivity contribution in [3.8, 4) is 0 Å². The molecule has 0 N–H and O–H groups in total. The first kappa shape index (κ1) is 18.0. The molecule has 0 saturated carbocycles. The van der Waals surface area contributed by atoms with Crippen LogP contribution in [0.4, 0.5) is 0 Å². The first-order chi connectivity index (χ1) is 8.84. The molecule has 108 valence electrons. The van der Waals surface area contributed by atoms with Crippen molar-refractivity contribution in [2.75, 3.05) is 0 Å². The lowest BCUT2D eigenvalue weighted by atomic mass is 10.1. The largest absolute Gasteiger partial charge is 0.414 e. The summed E-state index contributed by atoms with van der Waals surface area (Å²) >= 11 is 0. The quantitative estimate of drug-likeness (QED) is 0.429. The van der Waals surface area contributed by atoms with Gasteiger partial charge < -0.3 is 4.43 Å². The van der Waals surface area contributed by atoms with Crippen LogP contribution in [0.25, 0.3) is 0 Å². The van der Waals surface area contributed by atoms with Crippen LogP contribution >= 0.6 is 0 Å². The third-order valence-electron chi connectivity index (χ3n) is 3.22. The highest BCUT2D eigenvalue weighted by molar-refractivity contribution is 6.71. The second-order valence-electron chi connectivity index (χ2n) is 5.27. The van der Waals surface area contributed by atoms with E-state index in [-0.39, 0.29) is 17.7 Å². The minimum absolute atomic E-state index is 0.0191. The van der Waals surface area contributed by atoms with E-state index >= 15 is 0 Å². The normalized spacial score (nSPS) is 11.4. The Balaban J connectivity index is 4.45. The van der Waals surface area contributed by atoms with Crippen molar-refractivity contribution in [2.45, 2.75) is 57.8 Å². The van der Waals surface area contributed by atoms with Gasteiger partial charge in [0, 0.05) is 18.9 Å². The summed E-state index contributed by atoms with van der Waals surface area (Å²) in [6.07, 6.45) is 4.85. The summed E-state index contributed by atoms with van der Waals surface area (Å²) in [4.78, 5) is 22.6. The predicted octanol–water partition coefficient (Wildman–Crippen LogP) is 3.67. The van der Waals surface area contributed by atoms with E-state index in [9.17, 15) is 9.59 Å². The molecule has 0 aliphatic heterocycles. The number of carbonyl (C=O) groups is 2. The maximum atomic E-state index is 11.3. The number of rotatable bonds is 11. The van der Waals surface area contributed by atoms with Gasteiger partial charge in [-0.2, -0.15) is 0 Å². The molecule has 0 radical (unpaired) electrons. The molecule has 0 saturated heterocycles. The van der Waals surface area contributed by atoms with E-state index in [1.807, 2.05) is 0 Å². The Morgan fingerprint density at radius 1 is 1.11 bits per heavy atom. The minimum Gasteiger partial charge on any atom is -0.414 e. The van der Waals surface area contributed by atoms with Gasteiger partial charge in [-0.1, -0.05) is 20.1 Å². The fourth-order valence-corrected chi connectivity index (χ4v) is 2.91. The topological polar surface area (TPSA) is 43.4 Å². The van der Waals surface area contributed by atoms with Crippen molar-refractivity contribution < 1.29 is 14.0 Å². The number of allylic oxidation sites excluding steroid dienone is 2. The van der Waals surface area contributed by atoms with Crippen molar-refractivity contribution >= 4 is 19.9 Å². The van der Waals surface area contributed by atoms with Crippen LogP contribution in [0.2, 0.25) is 19.1 Å². The Kier molecular flexibility index (Phi) is 8.51. The maximum Gasteiger partial charge on any atom is 0.186 e. The van der Waals surface area contributed by atoms with Crippen LogP contribution in [0.3, 0.4) is 0 Å². The molecule has 0 fully saturated rings. The van der Waals surface area contributed by atoms with Gasteiger partial charge in [-0.15, -0.1) is 0 Å². The average molecular weight is 282 g/mol. The van der Waals surface area contributed by atoms with E-state index in [1.54, 1.807) is 0 Å². The summed E-state index contributed by atoms with van der Waals surface area (Å²) < 4.78 is 6.14. The summed E-state index contributed by atoms with van der Waals surface area (Å²) in [7, 11) is -1.68. The lowest BCUT2D eigenvalue weighted by molar-refractivity contribution is -0.115. The zero-order valence-corrected chi connectivity index (χ0v) is 13.4. The summed E-state index contributed by atoms with van der Waals surface area (Å²) in [6, 6.07) is 1.02. The smallest absolute Gasteiger partial charge is 0.186 e. The second-order valence-corrected chi connectivity index (χ2v) is 9.73. The molecule has 4 heteroatoms. The molecule has 0 aliphatic rings. The SMILES string of the molecule is C=CC(=O)CCC(CCC(=O)C=C)O[Si](C)(C)CC. The van der Waals surface area contributed by atoms with Gasteiger partial charge in [0.25, 0.3) is 0 Å². The molecule has 0 spiro atoms. The van der Waals surface area contributed by atoms with Crippen molar-refractivity contribution in [3.63, 3.8) is 0 Å². The van der Waals surface area contributed by atoms with E-state index in [4.69, 9.17) is 4.43 Å². The number of hydrogen-bond donors (Lipinski definition) is 0. The lowest BCUT2D eigenvalue weighted by Gasteiger charge is -2.28. The third kappa shape index (κ3) is 8.67. The summed E-state index contributed by atoms with van der Waals surface area (Å²) in [5, 5.41) is 0. The van der Waals surface area contributed by atoms with Crippen LogP contribution in [0.5, 0.6) is 0 Å². The first-order valence-corrected chi connectivity index (χ1v) is 9.94. The van der Waals surface area contributed by atoms with E-state index in [2.05, 4.69) is 33.2 Å². The zero-order chi connectivity index (χ0) is 14.9. The van der Waals surface area contributed by atoms with Gasteiger partial charge in [0.2, 0.25) is 0 Å². The van der Waals surface area contributed by atoms with Crippen molar-refractivity contribution in [1.82, 2.24) is 0 Å². The van der Waals surface area contributed by atoms with E-state index in [0.717, 1.165) is 6.04 Å². The molecule has 0 unspecified atom stereocenters. The fraction of sp³-hybridized carbons (Fsp3) is 0.600. The Bertz CT molecular complexity index is 310. The molecule has 19 heavy (non-hydrogen) atoms. The van der Waals surface area contributed by atoms with Gasteiger partial charge in [0.05, 0.1) is 0 Å². The van der Waals surface area contributed by atoms with Gasteiger partial charge in [-0.3, -0.25) is 9.59 Å². The monoisotopic (exact) mass is 282 g/mol. The van der Waals surface area contributed by atoms with Gasteiger partial charge >= 0.3 is 0 Å². The molecule has 0 aromatic heterocycles. The van der Waals surface area contributed by atoms with Crippen molar-refractivity contribution in [2.24, 2.45) is 0 Å². The molecule has 0 aromatic rings. The highest BCUT2D eigenvalue weighted by atomic mass is 28.4. The zero-order valence-electron chi connectivity index (χ0n) is 12.4.